The summed E-state index contributed by atoms with van der Waals surface area (Å²) in [6.45, 7) is 1.64. The van der Waals surface area contributed by atoms with E-state index in [2.05, 4.69) is 15.5 Å². The monoisotopic (exact) mass is 399 g/mol. The van der Waals surface area contributed by atoms with Crippen LogP contribution < -0.4 is 74.6 Å². The van der Waals surface area contributed by atoms with E-state index in [9.17, 15) is 24.6 Å². The van der Waals surface area contributed by atoms with Crippen LogP contribution >= 0.6 is 0 Å². The molecule has 134 valence electrons. The van der Waals surface area contributed by atoms with Gasteiger partial charge >= 0.3 is 59.1 Å². The van der Waals surface area contributed by atoms with Crippen molar-refractivity contribution in [2.24, 2.45) is 10.2 Å². The van der Waals surface area contributed by atoms with Gasteiger partial charge in [0, 0.05) is 30.1 Å². The van der Waals surface area contributed by atoms with E-state index >= 15 is 0 Å². The van der Waals surface area contributed by atoms with E-state index in [-0.39, 0.29) is 77.6 Å². The number of benzene rings is 2. The molecule has 0 saturated heterocycles. The van der Waals surface area contributed by atoms with Crippen molar-refractivity contribution in [1.82, 2.24) is 5.32 Å². The van der Waals surface area contributed by atoms with Gasteiger partial charge < -0.3 is 25.1 Å². The van der Waals surface area contributed by atoms with Crippen LogP contribution in [0.5, 0.6) is 0 Å². The summed E-state index contributed by atoms with van der Waals surface area (Å²) in [5.41, 5.74) is 1.78. The summed E-state index contributed by atoms with van der Waals surface area (Å²) in [6.07, 6.45) is -0.261. The van der Waals surface area contributed by atoms with Crippen LogP contribution in [0.25, 0.3) is 0 Å². The molecule has 0 aliphatic rings. The normalized spacial score (nSPS) is 9.89. The standard InChI is InChI=1S/C18H17N3O5.2Na/c1-11-2-5-14(10-15(11)18(25)26)21-20-13-6-3-12(4-7-13)17(24)19-9-8-16(22)23;;/h2-7,10H,8-9H2,1H3,(H,19,24)(H,22,23)(H,25,26);;/q;2*+1/p-2. The summed E-state index contributed by atoms with van der Waals surface area (Å²) in [6, 6.07) is 10.8. The van der Waals surface area contributed by atoms with Gasteiger partial charge in [-0.2, -0.15) is 10.2 Å². The van der Waals surface area contributed by atoms with Crippen molar-refractivity contribution in [3.05, 3.63) is 59.2 Å². The maximum Gasteiger partial charge on any atom is 1.00 e. The van der Waals surface area contributed by atoms with E-state index < -0.39 is 17.8 Å². The number of carboxylic acid groups (broad SMARTS) is 2. The summed E-state index contributed by atoms with van der Waals surface area (Å²) < 4.78 is 0. The quantitative estimate of drug-likeness (QED) is 0.367. The molecule has 0 unspecified atom stereocenters. The van der Waals surface area contributed by atoms with Crippen LogP contribution in [0, 0.1) is 6.92 Å². The molecular formula is C18H15N3Na2O5. The van der Waals surface area contributed by atoms with Crippen LogP contribution in [0.1, 0.15) is 32.7 Å². The molecule has 2 aromatic carbocycles. The van der Waals surface area contributed by atoms with Crippen molar-refractivity contribution < 1.29 is 83.7 Å². The van der Waals surface area contributed by atoms with E-state index in [1.165, 1.54) is 18.2 Å². The first-order valence-corrected chi connectivity index (χ1v) is 7.68. The molecule has 8 nitrogen and oxygen atoms in total. The smallest absolute Gasteiger partial charge is 0.550 e. The first-order chi connectivity index (χ1) is 12.4. The second-order valence-electron chi connectivity index (χ2n) is 5.41. The molecule has 0 radical (unpaired) electrons. The Kier molecular flexibility index (Phi) is 12.1. The molecule has 0 atom stereocenters. The number of aliphatic carboxylic acids is 1. The van der Waals surface area contributed by atoms with Gasteiger partial charge in [0.25, 0.3) is 5.91 Å². The van der Waals surface area contributed by atoms with Gasteiger partial charge in [-0.3, -0.25) is 4.79 Å². The molecule has 1 N–H and O–H groups in total. The summed E-state index contributed by atoms with van der Waals surface area (Å²) >= 11 is 0. The number of amides is 1. The van der Waals surface area contributed by atoms with Crippen molar-refractivity contribution in [2.45, 2.75) is 13.3 Å². The Morgan fingerprint density at radius 1 is 0.929 bits per heavy atom. The van der Waals surface area contributed by atoms with Crippen molar-refractivity contribution in [3.8, 4) is 0 Å². The molecule has 0 spiro atoms. The molecule has 0 aliphatic heterocycles. The number of nitrogens with zero attached hydrogens (tertiary/aromatic N) is 2. The van der Waals surface area contributed by atoms with Gasteiger partial charge in [-0.15, -0.1) is 0 Å². The average Bonchev–Trinajstić information content (AvgIpc) is 2.60. The number of aryl methyl sites for hydroxylation is 1. The third-order valence-corrected chi connectivity index (χ3v) is 3.47. The van der Waals surface area contributed by atoms with Crippen molar-refractivity contribution in [2.75, 3.05) is 6.54 Å². The number of nitrogens with one attached hydrogen (secondary N) is 1. The van der Waals surface area contributed by atoms with E-state index in [4.69, 9.17) is 0 Å². The van der Waals surface area contributed by atoms with Gasteiger partial charge in [0.05, 0.1) is 17.3 Å². The van der Waals surface area contributed by atoms with Crippen LogP contribution in [-0.4, -0.2) is 24.4 Å². The van der Waals surface area contributed by atoms with Gasteiger partial charge in [0.1, 0.15) is 0 Å². The van der Waals surface area contributed by atoms with Gasteiger partial charge in [0.15, 0.2) is 0 Å². The van der Waals surface area contributed by atoms with Crippen LogP contribution in [0.2, 0.25) is 0 Å². The number of carboxylic acids is 2. The summed E-state index contributed by atoms with van der Waals surface area (Å²) in [5, 5.41) is 31.7. The zero-order valence-electron chi connectivity index (χ0n) is 15.9. The Hall–Kier alpha value is -1.55. The minimum atomic E-state index is -1.28. The molecule has 10 heteroatoms. The second kappa shape index (κ2) is 12.8. The minimum absolute atomic E-state index is 0. The zero-order valence-corrected chi connectivity index (χ0v) is 19.9. The molecule has 0 aromatic heterocycles. The Labute approximate surface area is 206 Å². The van der Waals surface area contributed by atoms with Crippen LogP contribution in [0.15, 0.2) is 52.7 Å². The van der Waals surface area contributed by atoms with Crippen molar-refractivity contribution in [3.63, 3.8) is 0 Å². The third-order valence-electron chi connectivity index (χ3n) is 3.47. The Morgan fingerprint density at radius 2 is 1.50 bits per heavy atom. The Balaban J connectivity index is 0.00000364. The Bertz CT molecular complexity index is 870. The minimum Gasteiger partial charge on any atom is -0.550 e. The van der Waals surface area contributed by atoms with Crippen LogP contribution in [0.3, 0.4) is 0 Å². The molecule has 0 fully saturated rings. The van der Waals surface area contributed by atoms with Crippen molar-refractivity contribution in [1.29, 1.82) is 0 Å². The number of aromatic carboxylic acids is 1. The van der Waals surface area contributed by atoms with Crippen molar-refractivity contribution >= 4 is 29.2 Å². The third kappa shape index (κ3) is 8.22. The van der Waals surface area contributed by atoms with E-state index in [0.717, 1.165) is 0 Å². The average molecular weight is 399 g/mol. The number of carbonyl (C=O) groups excluding carboxylic acids is 3. The molecular weight excluding hydrogens is 384 g/mol. The molecule has 0 aliphatic carbocycles. The molecule has 1 amide bonds. The summed E-state index contributed by atoms with van der Waals surface area (Å²) in [4.78, 5) is 33.1. The molecule has 0 bridgehead atoms. The van der Waals surface area contributed by atoms with Gasteiger partial charge in [-0.25, -0.2) is 0 Å². The molecule has 0 saturated carbocycles. The molecule has 2 rings (SSSR count). The first kappa shape index (κ1) is 26.4. The molecule has 0 heterocycles. The van der Waals surface area contributed by atoms with Crippen LogP contribution in [0.4, 0.5) is 11.4 Å². The fraction of sp³-hybridized carbons (Fsp3) is 0.167. The molecule has 2 aromatic rings. The topological polar surface area (TPSA) is 134 Å². The van der Waals surface area contributed by atoms with E-state index in [0.29, 0.717) is 22.5 Å². The SMILES string of the molecule is Cc1ccc(N=Nc2ccc(C(=O)NCCC(=O)[O-])cc2)cc1C(=O)[O-].[Na+].[Na+]. The zero-order chi connectivity index (χ0) is 19.1. The predicted octanol–water partition coefficient (Wildman–Crippen LogP) is -5.35. The number of azo groups is 1. The molecule has 28 heavy (non-hydrogen) atoms. The number of carbonyl (C=O) groups is 3. The fourth-order valence-electron chi connectivity index (χ4n) is 2.07. The first-order valence-electron chi connectivity index (χ1n) is 7.68. The predicted molar refractivity (Wildman–Crippen MR) is 88.1 cm³/mol. The number of hydrogen-bond acceptors (Lipinski definition) is 7. The van der Waals surface area contributed by atoms with Crippen LogP contribution in [-0.2, 0) is 4.79 Å². The Morgan fingerprint density at radius 3 is 2.07 bits per heavy atom. The van der Waals surface area contributed by atoms with E-state index in [1.54, 1.807) is 31.2 Å². The van der Waals surface area contributed by atoms with Gasteiger partial charge in [-0.05, 0) is 48.9 Å². The van der Waals surface area contributed by atoms with Gasteiger partial charge in [0.2, 0.25) is 0 Å². The summed E-state index contributed by atoms with van der Waals surface area (Å²) in [7, 11) is 0. The largest absolute Gasteiger partial charge is 1.00 e. The number of hydrogen-bond donors (Lipinski definition) is 1. The fourth-order valence-corrected chi connectivity index (χ4v) is 2.07. The second-order valence-corrected chi connectivity index (χ2v) is 5.41. The maximum atomic E-state index is 11.8. The number of rotatable bonds is 7. The van der Waals surface area contributed by atoms with Gasteiger partial charge in [-0.1, -0.05) is 6.07 Å². The maximum absolute atomic E-state index is 11.8. The summed E-state index contributed by atoms with van der Waals surface area (Å²) in [5.74, 6) is -2.93. The van der Waals surface area contributed by atoms with E-state index in [1.807, 2.05) is 0 Å².